The molecule has 1 aromatic heterocycles. The summed E-state index contributed by atoms with van der Waals surface area (Å²) in [6.07, 6.45) is 3.26. The number of amides is 1. The van der Waals surface area contributed by atoms with E-state index in [1.165, 1.54) is 43.5 Å². The number of carbonyl (C=O) groups is 2. The van der Waals surface area contributed by atoms with E-state index in [4.69, 9.17) is 16.7 Å². The number of pyridine rings is 1. The molecule has 1 aromatic carbocycles. The minimum Gasteiger partial charge on any atom is -0.478 e. The van der Waals surface area contributed by atoms with E-state index in [9.17, 15) is 24.3 Å². The van der Waals surface area contributed by atoms with Gasteiger partial charge in [0.2, 0.25) is 17.8 Å². The molecule has 1 fully saturated rings. The lowest BCUT2D eigenvalue weighted by Gasteiger charge is -2.34. The van der Waals surface area contributed by atoms with E-state index in [2.05, 4.69) is 5.32 Å². The van der Waals surface area contributed by atoms with Crippen molar-refractivity contribution in [3.05, 3.63) is 75.8 Å². The van der Waals surface area contributed by atoms with Gasteiger partial charge in [0.25, 0.3) is 0 Å². The molecule has 0 radical (unpaired) electrons. The molecule has 2 aliphatic rings. The summed E-state index contributed by atoms with van der Waals surface area (Å²) in [6, 6.07) is 8.80. The molecule has 0 spiro atoms. The van der Waals surface area contributed by atoms with Crippen molar-refractivity contribution < 1.29 is 38.5 Å². The number of aliphatic hydroxyl groups is 1. The van der Waals surface area contributed by atoms with Crippen LogP contribution in [0.15, 0.2) is 59.0 Å². The zero-order valence-electron chi connectivity index (χ0n) is 22.5. The van der Waals surface area contributed by atoms with Crippen LogP contribution in [-0.4, -0.2) is 39.1 Å². The molecule has 0 aliphatic heterocycles. The zero-order valence-corrected chi connectivity index (χ0v) is 23.2. The average Bonchev–Trinajstić information content (AvgIpc) is 2.90. The number of hydrogen-bond acceptors (Lipinski definition) is 4. The first-order valence-corrected chi connectivity index (χ1v) is 13.8. The summed E-state index contributed by atoms with van der Waals surface area (Å²) in [7, 11) is 0. The highest BCUT2D eigenvalue weighted by Crippen LogP contribution is 2.41. The Balaban J connectivity index is 1.67. The fraction of sp³-hybridized carbons (Fsp3) is 0.433. The van der Waals surface area contributed by atoms with Gasteiger partial charge in [-0.25, -0.2) is 13.6 Å². The highest BCUT2D eigenvalue weighted by molar-refractivity contribution is 6.31. The monoisotopic (exact) mass is 575 g/mol. The maximum absolute atomic E-state index is 15.1. The molecule has 40 heavy (non-hydrogen) atoms. The molecule has 2 aromatic rings. The first-order valence-electron chi connectivity index (χ1n) is 13.4. The summed E-state index contributed by atoms with van der Waals surface area (Å²) in [5.41, 5.74) is 0.464. The molecule has 1 saturated carbocycles. The topological polar surface area (TPSA) is 111 Å². The largest absolute Gasteiger partial charge is 0.478 e. The van der Waals surface area contributed by atoms with Crippen LogP contribution >= 0.6 is 11.6 Å². The van der Waals surface area contributed by atoms with Gasteiger partial charge < -0.3 is 15.5 Å². The molecule has 1 amide bonds. The average molecular weight is 576 g/mol. The number of allylic oxidation sites excluding steroid dienone is 4. The standard InChI is InChI=1S/C30H33ClF2N2O5/c1-17(32)22-8-9-24(31)27(33)26(22)20-5-10-25(35(40)16-20)23(15-18-11-13-30(2,39)14-12-18)28(36)34-21-6-3-19(4-7-21)29(37)38/h3-7,10,16-18,23,39H,8-9,11-15H2,1-2H3,(H2-,34,36,37,38,40)/p+1. The van der Waals surface area contributed by atoms with Crippen LogP contribution in [0.5, 0.6) is 0 Å². The van der Waals surface area contributed by atoms with Crippen LogP contribution in [-0.2, 0) is 4.79 Å². The fourth-order valence-electron chi connectivity index (χ4n) is 5.55. The minimum atomic E-state index is -1.41. The van der Waals surface area contributed by atoms with E-state index in [-0.39, 0.29) is 51.8 Å². The number of hydrogen-bond donors (Lipinski definition) is 4. The van der Waals surface area contributed by atoms with Gasteiger partial charge in [-0.05, 0) is 101 Å². The highest BCUT2D eigenvalue weighted by Gasteiger charge is 2.37. The molecule has 10 heteroatoms. The second-order valence-corrected chi connectivity index (χ2v) is 11.5. The van der Waals surface area contributed by atoms with Crippen LogP contribution in [0, 0.1) is 5.92 Å². The van der Waals surface area contributed by atoms with Crippen molar-refractivity contribution in [2.75, 3.05) is 5.32 Å². The molecule has 2 atom stereocenters. The number of halogens is 3. The van der Waals surface area contributed by atoms with E-state index in [0.29, 0.717) is 37.8 Å². The molecule has 0 bridgehead atoms. The van der Waals surface area contributed by atoms with Gasteiger partial charge >= 0.3 is 5.97 Å². The van der Waals surface area contributed by atoms with Gasteiger partial charge in [0.1, 0.15) is 17.9 Å². The zero-order chi connectivity index (χ0) is 29.2. The number of benzene rings is 1. The minimum absolute atomic E-state index is 0.00711. The van der Waals surface area contributed by atoms with Crippen LogP contribution in [0.1, 0.15) is 86.3 Å². The Bertz CT molecular complexity index is 1340. The first-order chi connectivity index (χ1) is 18.9. The first kappa shape index (κ1) is 29.7. The Morgan fingerprint density at radius 2 is 1.80 bits per heavy atom. The number of carbonyl (C=O) groups excluding carboxylic acids is 1. The summed E-state index contributed by atoms with van der Waals surface area (Å²) >= 11 is 6.05. The number of nitrogens with zero attached hydrogens (tertiary/aromatic N) is 1. The van der Waals surface area contributed by atoms with Crippen molar-refractivity contribution in [1.29, 1.82) is 0 Å². The van der Waals surface area contributed by atoms with E-state index < -0.39 is 35.4 Å². The van der Waals surface area contributed by atoms with Gasteiger partial charge in [-0.3, -0.25) is 10.0 Å². The van der Waals surface area contributed by atoms with E-state index in [0.717, 1.165) is 4.73 Å². The third-order valence-corrected chi connectivity index (χ3v) is 8.30. The molecule has 214 valence electrons. The predicted octanol–water partition coefficient (Wildman–Crippen LogP) is 6.29. The number of nitrogens with one attached hydrogen (secondary N) is 1. The van der Waals surface area contributed by atoms with Crippen LogP contribution < -0.4 is 10.0 Å². The molecule has 4 rings (SSSR count). The number of carboxylic acids is 1. The number of alkyl halides is 1. The number of carboxylic acid groups (broad SMARTS) is 1. The Labute approximate surface area is 236 Å². The normalized spacial score (nSPS) is 23.1. The maximum Gasteiger partial charge on any atom is 0.335 e. The van der Waals surface area contributed by atoms with Gasteiger partial charge in [0.05, 0.1) is 21.8 Å². The van der Waals surface area contributed by atoms with Gasteiger partial charge in [0, 0.05) is 22.1 Å². The van der Waals surface area contributed by atoms with E-state index >= 15 is 4.39 Å². The Morgan fingerprint density at radius 3 is 2.38 bits per heavy atom. The third-order valence-electron chi connectivity index (χ3n) is 7.95. The van der Waals surface area contributed by atoms with Crippen LogP contribution in [0.3, 0.4) is 0 Å². The smallest absolute Gasteiger partial charge is 0.335 e. The lowest BCUT2D eigenvalue weighted by molar-refractivity contribution is -0.910. The lowest BCUT2D eigenvalue weighted by Crippen LogP contribution is -2.41. The van der Waals surface area contributed by atoms with Gasteiger partial charge in [-0.2, -0.15) is 0 Å². The number of aromatic carboxylic acids is 1. The molecule has 2 aliphatic carbocycles. The van der Waals surface area contributed by atoms with Gasteiger partial charge in [0.15, 0.2) is 0 Å². The number of anilines is 1. The summed E-state index contributed by atoms with van der Waals surface area (Å²) in [6.45, 7) is 3.12. The number of rotatable bonds is 8. The summed E-state index contributed by atoms with van der Waals surface area (Å²) in [4.78, 5) is 24.7. The van der Waals surface area contributed by atoms with Crippen molar-refractivity contribution in [2.24, 2.45) is 5.92 Å². The fourth-order valence-corrected chi connectivity index (χ4v) is 5.74. The van der Waals surface area contributed by atoms with Gasteiger partial charge in [-0.1, -0.05) is 11.6 Å². The lowest BCUT2D eigenvalue weighted by atomic mass is 9.75. The van der Waals surface area contributed by atoms with Crippen molar-refractivity contribution in [2.45, 2.75) is 76.5 Å². The SMILES string of the molecule is CC(F)C1=C(c2ccc(C(CC3CCC(C)(O)CC3)C(=O)Nc3ccc(C(=O)O)cc3)[n+](O)c2)C(F)=C(Cl)CC1. The summed E-state index contributed by atoms with van der Waals surface area (Å²) in [5.74, 6) is -2.95. The molecular weight excluding hydrogens is 542 g/mol. The molecule has 2 unspecified atom stereocenters. The second-order valence-electron chi connectivity index (χ2n) is 11.0. The second kappa shape index (κ2) is 12.1. The van der Waals surface area contributed by atoms with E-state index in [1.807, 2.05) is 0 Å². The highest BCUT2D eigenvalue weighted by atomic mass is 35.5. The molecule has 0 saturated heterocycles. The summed E-state index contributed by atoms with van der Waals surface area (Å²) in [5, 5.41) is 33.3. The maximum atomic E-state index is 15.1. The number of aromatic nitrogens is 1. The van der Waals surface area contributed by atoms with Crippen molar-refractivity contribution in [1.82, 2.24) is 0 Å². The van der Waals surface area contributed by atoms with Crippen LogP contribution in [0.2, 0.25) is 0 Å². The molecular formula is C30H34ClF2N2O5+. The Morgan fingerprint density at radius 1 is 1.15 bits per heavy atom. The molecule has 4 N–H and O–H groups in total. The van der Waals surface area contributed by atoms with Gasteiger partial charge in [-0.15, -0.1) is 0 Å². The van der Waals surface area contributed by atoms with Crippen LogP contribution in [0.25, 0.3) is 5.57 Å². The molecule has 1 heterocycles. The molecule has 7 nitrogen and oxygen atoms in total. The predicted molar refractivity (Wildman–Crippen MR) is 147 cm³/mol. The quantitative estimate of drug-likeness (QED) is 0.218. The Hall–Kier alpha value is -3.30. The van der Waals surface area contributed by atoms with E-state index in [1.54, 1.807) is 13.0 Å². The van der Waals surface area contributed by atoms with Crippen molar-refractivity contribution in [3.8, 4) is 0 Å². The van der Waals surface area contributed by atoms with Crippen molar-refractivity contribution >= 4 is 34.7 Å². The summed E-state index contributed by atoms with van der Waals surface area (Å²) < 4.78 is 30.2. The Kier molecular flexibility index (Phi) is 8.95. The van der Waals surface area contributed by atoms with Crippen molar-refractivity contribution in [3.63, 3.8) is 0 Å². The third kappa shape index (κ3) is 6.70. The van der Waals surface area contributed by atoms with Crippen LogP contribution in [0.4, 0.5) is 14.5 Å².